The molecule has 1 aromatic carbocycles. The number of halogens is 6. The van der Waals surface area contributed by atoms with E-state index in [1.165, 1.54) is 0 Å². The van der Waals surface area contributed by atoms with E-state index in [2.05, 4.69) is 10.3 Å². The number of nitrogens with zero attached hydrogens (tertiary/aromatic N) is 4. The van der Waals surface area contributed by atoms with Crippen molar-refractivity contribution >= 4 is 30.6 Å². The Bertz CT molecular complexity index is 789. The summed E-state index contributed by atoms with van der Waals surface area (Å²) < 4.78 is 66.4. The van der Waals surface area contributed by atoms with Crippen LogP contribution in [0.5, 0.6) is 0 Å². The second-order valence-corrected chi connectivity index (χ2v) is 6.97. The summed E-state index contributed by atoms with van der Waals surface area (Å²) >= 11 is 0. The number of rotatable bonds is 1. The molecule has 0 atom stereocenters. The van der Waals surface area contributed by atoms with Gasteiger partial charge in [-0.05, 0) is 12.1 Å². The number of methoxy groups -OCH3 is 1. The van der Waals surface area contributed by atoms with E-state index in [0.717, 1.165) is 5.69 Å². The fourth-order valence-corrected chi connectivity index (χ4v) is 1.94. The summed E-state index contributed by atoms with van der Waals surface area (Å²) in [4.78, 5) is 2.47. The second kappa shape index (κ2) is 5.90. The summed E-state index contributed by atoms with van der Waals surface area (Å²) in [5, 5.41) is 17.8. The normalized spacial score (nSPS) is 14.0. The molecule has 0 fully saturated rings. The van der Waals surface area contributed by atoms with Gasteiger partial charge in [0.25, 0.3) is 5.52 Å². The quantitative estimate of drug-likeness (QED) is 0.201. The van der Waals surface area contributed by atoms with Crippen molar-refractivity contribution in [1.29, 1.82) is 0 Å². The van der Waals surface area contributed by atoms with Crippen molar-refractivity contribution in [2.24, 2.45) is 0 Å². The summed E-state index contributed by atoms with van der Waals surface area (Å²) in [6, 6.07) is 6.06. The summed E-state index contributed by atoms with van der Waals surface area (Å²) in [6.07, 6.45) is 0. The van der Waals surface area contributed by atoms with Crippen molar-refractivity contribution in [3.05, 3.63) is 23.4 Å². The molecule has 0 saturated carbocycles. The Kier molecular flexibility index (Phi) is 4.90. The van der Waals surface area contributed by atoms with Gasteiger partial charge in [0.15, 0.2) is 5.69 Å². The number of anilines is 1. The van der Waals surface area contributed by atoms with E-state index < -0.39 is 7.81 Å². The van der Waals surface area contributed by atoms with Crippen LogP contribution >= 0.6 is 7.81 Å². The maximum absolute atomic E-state index is 11.5. The predicted octanol–water partition coefficient (Wildman–Crippen LogP) is 3.29. The molecule has 0 amide bonds. The van der Waals surface area contributed by atoms with E-state index in [-0.39, 0.29) is 0 Å². The third kappa shape index (κ3) is 6.99. The number of ether oxygens (including phenoxy) is 1. The Hall–Kier alpha value is -2.30. The molecule has 0 aliphatic rings. The number of amidine groups is 1. The zero-order valence-electron chi connectivity index (χ0n) is 13.6. The number of hydrogen-bond donors (Lipinski definition) is 1. The van der Waals surface area contributed by atoms with Crippen LogP contribution in [-0.2, 0) is 4.74 Å². The Labute approximate surface area is 137 Å². The first-order chi connectivity index (χ1) is 11.0. The van der Waals surface area contributed by atoms with E-state index >= 15 is 0 Å². The van der Waals surface area contributed by atoms with Gasteiger partial charge in [-0.1, -0.05) is 11.3 Å². The second-order valence-electron chi connectivity index (χ2n) is 5.05. The molecular weight excluding hydrogens is 379 g/mol. The fraction of sp³-hybridized carbons (Fsp3) is 0.364. The van der Waals surface area contributed by atoms with Crippen molar-refractivity contribution in [1.82, 2.24) is 10.3 Å². The molecule has 1 heterocycles. The van der Waals surface area contributed by atoms with Gasteiger partial charge in [0.2, 0.25) is 5.52 Å². The zero-order chi connectivity index (χ0) is 19.7. The Morgan fingerprint density at radius 1 is 1.24 bits per heavy atom. The van der Waals surface area contributed by atoms with Gasteiger partial charge in [-0.3, -0.25) is 0 Å². The van der Waals surface area contributed by atoms with Crippen LogP contribution in [0.25, 0.3) is 11.0 Å². The van der Waals surface area contributed by atoms with Crippen LogP contribution in [0.3, 0.4) is 0 Å². The first kappa shape index (κ1) is 20.7. The fourth-order valence-electron chi connectivity index (χ4n) is 1.94. The molecule has 0 bridgehead atoms. The van der Waals surface area contributed by atoms with Gasteiger partial charge in [-0.25, -0.2) is 4.58 Å². The van der Waals surface area contributed by atoms with Crippen LogP contribution in [0.15, 0.2) is 18.2 Å². The number of benzene rings is 1. The molecule has 1 N–H and O–H groups in total. The minimum atomic E-state index is -10.7. The summed E-state index contributed by atoms with van der Waals surface area (Å²) in [7, 11) is -3.43. The molecule has 0 spiro atoms. The molecule has 7 nitrogen and oxygen atoms in total. The maximum atomic E-state index is 11.5. The molecule has 0 saturated heterocycles. The summed E-state index contributed by atoms with van der Waals surface area (Å²) in [6.45, 7) is 0. The van der Waals surface area contributed by atoms with Crippen molar-refractivity contribution < 1.29 is 39.3 Å². The number of H-pyrrole nitrogens is 1. The molecule has 2 aromatic rings. The number of aromatic amines is 1. The first-order valence-corrected chi connectivity index (χ1v) is 8.49. The Morgan fingerprint density at radius 3 is 2.20 bits per heavy atom. The van der Waals surface area contributed by atoms with Crippen molar-refractivity contribution in [3.63, 3.8) is 0 Å². The van der Waals surface area contributed by atoms with Crippen LogP contribution in [0.1, 0.15) is 0 Å². The minimum absolute atomic E-state index is 0.494. The topological polar surface area (TPSA) is 71.1 Å². The monoisotopic (exact) mass is 395 g/mol. The molecule has 25 heavy (non-hydrogen) atoms. The van der Waals surface area contributed by atoms with E-state index in [4.69, 9.17) is 4.74 Å². The number of hydrogen-bond acceptors (Lipinski definition) is 3. The number of para-hydroxylation sites is 1. The van der Waals surface area contributed by atoms with Crippen LogP contribution in [0.4, 0.5) is 30.9 Å². The number of nitrogens with one attached hydrogen (secondary N) is 1. The number of aromatic nitrogens is 3. The Morgan fingerprint density at radius 2 is 1.76 bits per heavy atom. The van der Waals surface area contributed by atoms with Gasteiger partial charge in [0.05, 0.1) is 33.4 Å². The van der Waals surface area contributed by atoms with Crippen molar-refractivity contribution in [3.8, 4) is 0 Å². The molecule has 0 aliphatic heterocycles. The molecule has 1 aromatic heterocycles. The molecule has 14 heteroatoms. The average Bonchev–Trinajstić information content (AvgIpc) is 2.77. The van der Waals surface area contributed by atoms with Crippen LogP contribution < -0.4 is 9.75 Å². The third-order valence-corrected chi connectivity index (χ3v) is 2.68. The first-order valence-electron chi connectivity index (χ1n) is 6.46. The standard InChI is InChI=1S/C11H16N5O2.F6P/c1-14(2)11(18-4)15(3)8-6-5-7-9-10(8)12-13-16(9)17;1-7(2,3,4,5)6/h5-7,13H,1-4H3;/q+1;-1. The summed E-state index contributed by atoms with van der Waals surface area (Å²) in [5.41, 5.74) is 1.89. The van der Waals surface area contributed by atoms with Gasteiger partial charge in [-0.15, -0.1) is 0 Å². The Balaban J connectivity index is 0.000000381. The predicted molar refractivity (Wildman–Crippen MR) is 81.1 cm³/mol. The van der Waals surface area contributed by atoms with E-state index in [1.54, 1.807) is 19.2 Å². The molecular formula is C11H16F6N5O2P. The zero-order valence-corrected chi connectivity index (χ0v) is 14.4. The molecule has 0 unspecified atom stereocenters. The van der Waals surface area contributed by atoms with Crippen LogP contribution in [0, 0.1) is 5.21 Å². The van der Waals surface area contributed by atoms with Crippen molar-refractivity contribution in [2.45, 2.75) is 0 Å². The van der Waals surface area contributed by atoms with Crippen molar-refractivity contribution in [2.75, 3.05) is 33.2 Å². The van der Waals surface area contributed by atoms with Gasteiger partial charge >= 0.3 is 39.0 Å². The van der Waals surface area contributed by atoms with Crippen LogP contribution in [0.2, 0.25) is 0 Å². The SMILES string of the molecule is COC(N(C)c1cccc2c1n[nH][n+]2[O-])=[N+](C)C.F[P-](F)(F)(F)(F)F. The molecule has 144 valence electrons. The summed E-state index contributed by atoms with van der Waals surface area (Å²) in [5.74, 6) is 0. The number of fused-ring (bicyclic) bond motifs is 1. The average molecular weight is 395 g/mol. The van der Waals surface area contributed by atoms with Crippen LogP contribution in [-0.4, -0.2) is 49.2 Å². The molecule has 0 aliphatic carbocycles. The van der Waals surface area contributed by atoms with E-state index in [0.29, 0.717) is 21.9 Å². The molecule has 0 radical (unpaired) electrons. The van der Waals surface area contributed by atoms with E-state index in [1.807, 2.05) is 36.7 Å². The van der Waals surface area contributed by atoms with Gasteiger partial charge in [0, 0.05) is 0 Å². The van der Waals surface area contributed by atoms with E-state index in [9.17, 15) is 30.4 Å². The van der Waals surface area contributed by atoms with Gasteiger partial charge < -0.3 is 9.94 Å². The van der Waals surface area contributed by atoms with Gasteiger partial charge in [-0.2, -0.15) is 9.75 Å². The molecule has 2 rings (SSSR count). The van der Waals surface area contributed by atoms with Gasteiger partial charge in [0.1, 0.15) is 0 Å². The third-order valence-electron chi connectivity index (χ3n) is 2.68.